The number of likely N-dealkylation sites (N-methyl/N-ethyl adjacent to an activating group) is 1. The minimum Gasteiger partial charge on any atom is -1.00 e. The third kappa shape index (κ3) is 5.22. The van der Waals surface area contributed by atoms with Crippen molar-refractivity contribution in [1.29, 1.82) is 0 Å². The molecule has 0 heterocycles. The first-order valence-corrected chi connectivity index (χ1v) is 3.74. The van der Waals surface area contributed by atoms with E-state index in [1.54, 1.807) is 0 Å². The standard InChI is InChI=1S/C9H18N.BrH/c1-5-8-10(4,7-3)9-6-2;/h5-6H,1-2,7-9H2,3-4H3;1H/q+1;/p-1. The summed E-state index contributed by atoms with van der Waals surface area (Å²) in [4.78, 5) is 0. The van der Waals surface area contributed by atoms with Crippen LogP contribution in [-0.4, -0.2) is 31.2 Å². The molecule has 0 rings (SSSR count). The van der Waals surface area contributed by atoms with Crippen molar-refractivity contribution in [3.05, 3.63) is 25.3 Å². The molecule has 0 bridgehead atoms. The molecule has 0 aliphatic heterocycles. The maximum Gasteiger partial charge on any atom is 0.0971 e. The fourth-order valence-electron chi connectivity index (χ4n) is 0.956. The van der Waals surface area contributed by atoms with Crippen LogP contribution in [0.3, 0.4) is 0 Å². The number of hydrogen-bond acceptors (Lipinski definition) is 0. The average Bonchev–Trinajstić information content (AvgIpc) is 1.89. The molecular weight excluding hydrogens is 202 g/mol. The predicted molar refractivity (Wildman–Crippen MR) is 46.9 cm³/mol. The molecule has 0 aliphatic carbocycles. The van der Waals surface area contributed by atoms with Crippen molar-refractivity contribution < 1.29 is 21.5 Å². The fourth-order valence-corrected chi connectivity index (χ4v) is 0.956. The lowest BCUT2D eigenvalue weighted by Gasteiger charge is -2.30. The Morgan fingerprint density at radius 2 is 1.55 bits per heavy atom. The van der Waals surface area contributed by atoms with Crippen LogP contribution in [0.15, 0.2) is 25.3 Å². The molecule has 0 aromatic carbocycles. The van der Waals surface area contributed by atoms with Crippen molar-refractivity contribution in [3.8, 4) is 0 Å². The predicted octanol–water partition coefficient (Wildman–Crippen LogP) is -1.17. The number of hydrogen-bond donors (Lipinski definition) is 0. The first-order chi connectivity index (χ1) is 4.68. The van der Waals surface area contributed by atoms with Crippen molar-refractivity contribution >= 4 is 0 Å². The van der Waals surface area contributed by atoms with Crippen LogP contribution in [0.25, 0.3) is 0 Å². The molecule has 1 nitrogen and oxygen atoms in total. The summed E-state index contributed by atoms with van der Waals surface area (Å²) in [5.41, 5.74) is 0. The third-order valence-electron chi connectivity index (χ3n) is 1.90. The number of halogens is 1. The molecule has 2 heteroatoms. The van der Waals surface area contributed by atoms with Crippen molar-refractivity contribution in [2.45, 2.75) is 6.92 Å². The number of rotatable bonds is 5. The molecule has 66 valence electrons. The summed E-state index contributed by atoms with van der Waals surface area (Å²) in [6.45, 7) is 12.8. The minimum absolute atomic E-state index is 0. The van der Waals surface area contributed by atoms with Crippen molar-refractivity contribution in [1.82, 2.24) is 0 Å². The summed E-state index contributed by atoms with van der Waals surface area (Å²) in [6, 6.07) is 0. The maximum atomic E-state index is 3.73. The lowest BCUT2D eigenvalue weighted by Crippen LogP contribution is -3.00. The van der Waals surface area contributed by atoms with Crippen molar-refractivity contribution in [2.24, 2.45) is 0 Å². The lowest BCUT2D eigenvalue weighted by atomic mass is 10.3. The zero-order chi connectivity index (χ0) is 8.04. The van der Waals surface area contributed by atoms with Crippen LogP contribution in [0.2, 0.25) is 0 Å². The molecule has 0 unspecified atom stereocenters. The summed E-state index contributed by atoms with van der Waals surface area (Å²) in [5.74, 6) is 0. The molecule has 0 saturated heterocycles. The monoisotopic (exact) mass is 219 g/mol. The summed E-state index contributed by atoms with van der Waals surface area (Å²) in [7, 11) is 2.21. The second-order valence-corrected chi connectivity index (χ2v) is 2.88. The zero-order valence-corrected chi connectivity index (χ0v) is 9.10. The Morgan fingerprint density at radius 1 is 1.18 bits per heavy atom. The number of nitrogens with zero attached hydrogens (tertiary/aromatic N) is 1. The SMILES string of the molecule is C=CC[N+](C)(CC)CC=C.[Br-]. The highest BCUT2D eigenvalue weighted by atomic mass is 79.9. The van der Waals surface area contributed by atoms with E-state index in [-0.39, 0.29) is 17.0 Å². The van der Waals surface area contributed by atoms with E-state index in [9.17, 15) is 0 Å². The average molecular weight is 220 g/mol. The first-order valence-electron chi connectivity index (χ1n) is 3.74. The van der Waals surface area contributed by atoms with Gasteiger partial charge in [0.15, 0.2) is 0 Å². The zero-order valence-electron chi connectivity index (χ0n) is 7.52. The van der Waals surface area contributed by atoms with Gasteiger partial charge in [0, 0.05) is 0 Å². The van der Waals surface area contributed by atoms with E-state index in [1.807, 2.05) is 12.2 Å². The third-order valence-corrected chi connectivity index (χ3v) is 1.90. The number of quaternary nitrogens is 1. The van der Waals surface area contributed by atoms with Gasteiger partial charge in [-0.25, -0.2) is 0 Å². The van der Waals surface area contributed by atoms with Gasteiger partial charge in [-0.05, 0) is 19.1 Å². The van der Waals surface area contributed by atoms with E-state index in [0.29, 0.717) is 0 Å². The van der Waals surface area contributed by atoms with Crippen molar-refractivity contribution in [3.63, 3.8) is 0 Å². The minimum atomic E-state index is 0. The Bertz CT molecular complexity index is 111. The molecule has 0 N–H and O–H groups in total. The van der Waals surface area contributed by atoms with E-state index < -0.39 is 0 Å². The molecule has 11 heavy (non-hydrogen) atoms. The van der Waals surface area contributed by atoms with Crippen LogP contribution in [0.1, 0.15) is 6.92 Å². The van der Waals surface area contributed by atoms with Gasteiger partial charge in [-0.3, -0.25) is 0 Å². The van der Waals surface area contributed by atoms with Gasteiger partial charge in [0.25, 0.3) is 0 Å². The molecule has 0 fully saturated rings. The van der Waals surface area contributed by atoms with Gasteiger partial charge in [-0.1, -0.05) is 13.2 Å². The van der Waals surface area contributed by atoms with Crippen LogP contribution < -0.4 is 17.0 Å². The Balaban J connectivity index is 0. The highest BCUT2D eigenvalue weighted by Crippen LogP contribution is 2.00. The van der Waals surface area contributed by atoms with Crippen LogP contribution >= 0.6 is 0 Å². The van der Waals surface area contributed by atoms with Crippen LogP contribution in [0, 0.1) is 0 Å². The van der Waals surface area contributed by atoms with Gasteiger partial charge >= 0.3 is 0 Å². The Labute approximate surface area is 80.8 Å². The van der Waals surface area contributed by atoms with Crippen molar-refractivity contribution in [2.75, 3.05) is 26.7 Å². The smallest absolute Gasteiger partial charge is 0.0971 e. The maximum absolute atomic E-state index is 3.73. The van der Waals surface area contributed by atoms with Crippen LogP contribution in [0.5, 0.6) is 0 Å². The molecule has 0 atom stereocenters. The highest BCUT2D eigenvalue weighted by Gasteiger charge is 2.13. The summed E-state index contributed by atoms with van der Waals surface area (Å²) < 4.78 is 1.02. The van der Waals surface area contributed by atoms with E-state index in [0.717, 1.165) is 24.1 Å². The van der Waals surface area contributed by atoms with E-state index in [4.69, 9.17) is 0 Å². The van der Waals surface area contributed by atoms with Gasteiger partial charge in [0.05, 0.1) is 26.7 Å². The fraction of sp³-hybridized carbons (Fsp3) is 0.556. The topological polar surface area (TPSA) is 0 Å². The second kappa shape index (κ2) is 6.62. The summed E-state index contributed by atoms with van der Waals surface area (Å²) in [5, 5.41) is 0. The van der Waals surface area contributed by atoms with E-state index in [2.05, 4.69) is 27.1 Å². The van der Waals surface area contributed by atoms with Gasteiger partial charge in [-0.15, -0.1) is 0 Å². The molecular formula is C9H18BrN. The highest BCUT2D eigenvalue weighted by molar-refractivity contribution is 4.70. The molecule has 0 aromatic rings. The van der Waals surface area contributed by atoms with Gasteiger partial charge < -0.3 is 21.5 Å². The first kappa shape index (κ1) is 13.5. The molecule has 0 spiro atoms. The van der Waals surface area contributed by atoms with Gasteiger partial charge in [0.1, 0.15) is 0 Å². The largest absolute Gasteiger partial charge is 1.00 e. The normalized spacial score (nSPS) is 10.0. The molecule has 0 aromatic heterocycles. The van der Waals surface area contributed by atoms with Gasteiger partial charge in [0.2, 0.25) is 0 Å². The summed E-state index contributed by atoms with van der Waals surface area (Å²) in [6.07, 6.45) is 3.93. The van der Waals surface area contributed by atoms with E-state index >= 15 is 0 Å². The molecule has 0 saturated carbocycles. The lowest BCUT2D eigenvalue weighted by molar-refractivity contribution is -0.896. The molecule has 0 amide bonds. The second-order valence-electron chi connectivity index (χ2n) is 2.88. The Kier molecular flexibility index (Phi) is 8.13. The Hall–Kier alpha value is -0.0800. The van der Waals surface area contributed by atoms with E-state index in [1.165, 1.54) is 0 Å². The Morgan fingerprint density at radius 3 is 1.73 bits per heavy atom. The quantitative estimate of drug-likeness (QED) is 0.404. The summed E-state index contributed by atoms with van der Waals surface area (Å²) >= 11 is 0. The van der Waals surface area contributed by atoms with Crippen LogP contribution in [-0.2, 0) is 0 Å². The van der Waals surface area contributed by atoms with Crippen LogP contribution in [0.4, 0.5) is 0 Å². The molecule has 0 radical (unpaired) electrons. The van der Waals surface area contributed by atoms with Gasteiger partial charge in [-0.2, -0.15) is 0 Å². The molecule has 0 aliphatic rings.